The molecule has 0 saturated carbocycles. The van der Waals surface area contributed by atoms with Gasteiger partial charge in [-0.2, -0.15) is 0 Å². The van der Waals surface area contributed by atoms with E-state index < -0.39 is 5.97 Å². The zero-order valence-electron chi connectivity index (χ0n) is 7.66. The van der Waals surface area contributed by atoms with Crippen molar-refractivity contribution in [2.45, 2.75) is 12.8 Å². The number of para-hydroxylation sites is 1. The fourth-order valence-electron chi connectivity index (χ4n) is 0.938. The minimum Gasteiger partial charge on any atom is -0.481 e. The van der Waals surface area contributed by atoms with E-state index in [1.807, 2.05) is 18.2 Å². The van der Waals surface area contributed by atoms with Crippen molar-refractivity contribution in [3.8, 4) is 11.8 Å². The summed E-state index contributed by atoms with van der Waals surface area (Å²) in [6, 6.07) is 7.25. The van der Waals surface area contributed by atoms with Gasteiger partial charge in [-0.1, -0.05) is 24.0 Å². The van der Waals surface area contributed by atoms with E-state index in [1.165, 1.54) is 0 Å². The van der Waals surface area contributed by atoms with Gasteiger partial charge in [-0.15, -0.1) is 0 Å². The molecule has 14 heavy (non-hydrogen) atoms. The predicted octanol–water partition coefficient (Wildman–Crippen LogP) is 1.49. The number of carbonyl (C=O) groups is 1. The minimum absolute atomic E-state index is 0.0692. The molecule has 0 aliphatic heterocycles. The third-order valence-corrected chi connectivity index (χ3v) is 1.65. The summed E-state index contributed by atoms with van der Waals surface area (Å²) >= 11 is 0. The number of hydrogen-bond donors (Lipinski definition) is 2. The van der Waals surface area contributed by atoms with Crippen LogP contribution >= 0.6 is 0 Å². The van der Waals surface area contributed by atoms with E-state index >= 15 is 0 Å². The Balaban J connectivity index is 2.59. The average Bonchev–Trinajstić information content (AvgIpc) is 2.15. The van der Waals surface area contributed by atoms with Crippen molar-refractivity contribution in [1.82, 2.24) is 0 Å². The van der Waals surface area contributed by atoms with Gasteiger partial charge in [0.15, 0.2) is 0 Å². The van der Waals surface area contributed by atoms with Gasteiger partial charge >= 0.3 is 5.97 Å². The lowest BCUT2D eigenvalue weighted by molar-refractivity contribution is -0.136. The van der Waals surface area contributed by atoms with Crippen LogP contribution in [0.2, 0.25) is 0 Å². The average molecular weight is 189 g/mol. The van der Waals surface area contributed by atoms with Crippen molar-refractivity contribution in [3.05, 3.63) is 29.8 Å². The number of anilines is 1. The normalized spacial score (nSPS) is 8.86. The molecule has 0 amide bonds. The number of nitrogen functional groups attached to an aromatic ring is 1. The summed E-state index contributed by atoms with van der Waals surface area (Å²) in [4.78, 5) is 10.2. The predicted molar refractivity (Wildman–Crippen MR) is 54.6 cm³/mol. The molecule has 0 radical (unpaired) electrons. The molecule has 0 spiro atoms. The molecule has 0 unspecified atom stereocenters. The molecular weight excluding hydrogens is 178 g/mol. The van der Waals surface area contributed by atoms with Crippen molar-refractivity contribution in [1.29, 1.82) is 0 Å². The van der Waals surface area contributed by atoms with Crippen LogP contribution < -0.4 is 5.73 Å². The number of aliphatic carboxylic acids is 1. The van der Waals surface area contributed by atoms with Gasteiger partial charge in [-0.05, 0) is 12.1 Å². The van der Waals surface area contributed by atoms with Crippen LogP contribution in [0.5, 0.6) is 0 Å². The molecule has 3 heteroatoms. The molecule has 3 nitrogen and oxygen atoms in total. The highest BCUT2D eigenvalue weighted by Crippen LogP contribution is 2.08. The quantitative estimate of drug-likeness (QED) is 0.547. The topological polar surface area (TPSA) is 63.3 Å². The zero-order chi connectivity index (χ0) is 10.4. The molecule has 0 aliphatic carbocycles. The van der Waals surface area contributed by atoms with E-state index in [-0.39, 0.29) is 6.42 Å². The Hall–Kier alpha value is -1.95. The summed E-state index contributed by atoms with van der Waals surface area (Å²) in [5.41, 5.74) is 7.01. The lowest BCUT2D eigenvalue weighted by atomic mass is 10.2. The van der Waals surface area contributed by atoms with Crippen molar-refractivity contribution in [2.75, 3.05) is 5.73 Å². The standard InChI is InChI=1S/C11H11NO2/c12-10-7-3-1-5-9(10)6-2-4-8-11(13)14/h1,3,5,7H,4,8,12H2,(H,13,14). The lowest BCUT2D eigenvalue weighted by Gasteiger charge is -1.94. The van der Waals surface area contributed by atoms with E-state index in [4.69, 9.17) is 10.8 Å². The van der Waals surface area contributed by atoms with Gasteiger partial charge in [0.05, 0.1) is 6.42 Å². The van der Waals surface area contributed by atoms with Crippen LogP contribution in [0.4, 0.5) is 5.69 Å². The van der Waals surface area contributed by atoms with Crippen molar-refractivity contribution in [3.63, 3.8) is 0 Å². The van der Waals surface area contributed by atoms with Crippen LogP contribution in [-0.4, -0.2) is 11.1 Å². The van der Waals surface area contributed by atoms with Crippen LogP contribution in [0.1, 0.15) is 18.4 Å². The number of rotatable bonds is 2. The van der Waals surface area contributed by atoms with Crippen LogP contribution in [-0.2, 0) is 4.79 Å². The first-order chi connectivity index (χ1) is 6.70. The number of carboxylic acid groups (broad SMARTS) is 1. The first-order valence-corrected chi connectivity index (χ1v) is 4.25. The molecule has 1 aromatic carbocycles. The Kier molecular flexibility index (Phi) is 3.57. The largest absolute Gasteiger partial charge is 0.481 e. The van der Waals surface area contributed by atoms with Crippen molar-refractivity contribution < 1.29 is 9.90 Å². The fourth-order valence-corrected chi connectivity index (χ4v) is 0.938. The molecule has 0 saturated heterocycles. The third kappa shape index (κ3) is 3.20. The second-order valence-electron chi connectivity index (χ2n) is 2.78. The lowest BCUT2D eigenvalue weighted by Crippen LogP contribution is -1.92. The van der Waals surface area contributed by atoms with Crippen LogP contribution in [0.15, 0.2) is 24.3 Å². The molecule has 0 fully saturated rings. The Labute approximate surface area is 82.6 Å². The van der Waals surface area contributed by atoms with E-state index in [0.717, 1.165) is 5.56 Å². The summed E-state index contributed by atoms with van der Waals surface area (Å²) in [6.45, 7) is 0. The summed E-state index contributed by atoms with van der Waals surface area (Å²) in [6.07, 6.45) is 0.420. The molecule has 3 N–H and O–H groups in total. The molecule has 1 aromatic rings. The third-order valence-electron chi connectivity index (χ3n) is 1.65. The molecule has 0 atom stereocenters. The first-order valence-electron chi connectivity index (χ1n) is 4.25. The van der Waals surface area contributed by atoms with Crippen LogP contribution in [0.25, 0.3) is 0 Å². The highest BCUT2D eigenvalue weighted by molar-refractivity contribution is 5.67. The summed E-state index contributed by atoms with van der Waals surface area (Å²) in [7, 11) is 0. The SMILES string of the molecule is Nc1ccccc1C#CCCC(=O)O. The number of hydrogen-bond acceptors (Lipinski definition) is 2. The molecule has 0 aliphatic rings. The van der Waals surface area contributed by atoms with Crippen LogP contribution in [0, 0.1) is 11.8 Å². The van der Waals surface area contributed by atoms with Gasteiger partial charge in [0.25, 0.3) is 0 Å². The molecule has 0 aromatic heterocycles. The summed E-state index contributed by atoms with van der Waals surface area (Å²) in [5, 5.41) is 8.37. The Bertz CT molecular complexity index is 388. The number of carboxylic acids is 1. The van der Waals surface area contributed by atoms with E-state index in [1.54, 1.807) is 6.07 Å². The Morgan fingerprint density at radius 3 is 2.79 bits per heavy atom. The van der Waals surface area contributed by atoms with E-state index in [0.29, 0.717) is 12.1 Å². The van der Waals surface area contributed by atoms with Gasteiger partial charge in [-0.25, -0.2) is 0 Å². The Morgan fingerprint density at radius 2 is 2.14 bits per heavy atom. The maximum Gasteiger partial charge on any atom is 0.304 e. The van der Waals surface area contributed by atoms with Gasteiger partial charge in [0, 0.05) is 17.7 Å². The fraction of sp³-hybridized carbons (Fsp3) is 0.182. The monoisotopic (exact) mass is 189 g/mol. The smallest absolute Gasteiger partial charge is 0.304 e. The highest BCUT2D eigenvalue weighted by atomic mass is 16.4. The van der Waals surface area contributed by atoms with Gasteiger partial charge in [0.2, 0.25) is 0 Å². The van der Waals surface area contributed by atoms with E-state index in [2.05, 4.69) is 11.8 Å². The van der Waals surface area contributed by atoms with Crippen LogP contribution in [0.3, 0.4) is 0 Å². The maximum atomic E-state index is 10.2. The van der Waals surface area contributed by atoms with Crippen molar-refractivity contribution >= 4 is 11.7 Å². The molecule has 72 valence electrons. The second kappa shape index (κ2) is 4.93. The first kappa shape index (κ1) is 10.1. The van der Waals surface area contributed by atoms with E-state index in [9.17, 15) is 4.79 Å². The minimum atomic E-state index is -0.833. The molecule has 0 heterocycles. The molecule has 1 rings (SSSR count). The number of nitrogens with two attached hydrogens (primary N) is 1. The maximum absolute atomic E-state index is 10.2. The van der Waals surface area contributed by atoms with Gasteiger partial charge in [0.1, 0.15) is 0 Å². The highest BCUT2D eigenvalue weighted by Gasteiger charge is 1.93. The van der Waals surface area contributed by atoms with Gasteiger partial charge in [-0.3, -0.25) is 4.79 Å². The zero-order valence-corrected chi connectivity index (χ0v) is 7.66. The second-order valence-corrected chi connectivity index (χ2v) is 2.78. The van der Waals surface area contributed by atoms with Crippen molar-refractivity contribution in [2.24, 2.45) is 0 Å². The summed E-state index contributed by atoms with van der Waals surface area (Å²) in [5.74, 6) is 4.76. The summed E-state index contributed by atoms with van der Waals surface area (Å²) < 4.78 is 0. The molecule has 0 bridgehead atoms. The van der Waals surface area contributed by atoms with Gasteiger partial charge < -0.3 is 10.8 Å². The Morgan fingerprint density at radius 1 is 1.43 bits per heavy atom. The number of benzene rings is 1. The molecular formula is C11H11NO2.